The monoisotopic (exact) mass is 519 g/mol. The number of amides is 5. The van der Waals surface area contributed by atoms with Gasteiger partial charge >= 0.3 is 0 Å². The van der Waals surface area contributed by atoms with Gasteiger partial charge in [0, 0.05) is 12.8 Å². The van der Waals surface area contributed by atoms with Crippen molar-refractivity contribution in [2.45, 2.75) is 25.8 Å². The molecule has 1 aliphatic rings. The summed E-state index contributed by atoms with van der Waals surface area (Å²) in [6, 6.07) is 14.3. The van der Waals surface area contributed by atoms with E-state index in [0.29, 0.717) is 17.7 Å². The Bertz CT molecular complexity index is 1210. The third-order valence-electron chi connectivity index (χ3n) is 5.54. The summed E-state index contributed by atoms with van der Waals surface area (Å²) in [7, 11) is 0. The van der Waals surface area contributed by atoms with Gasteiger partial charge in [-0.15, -0.1) is 0 Å². The summed E-state index contributed by atoms with van der Waals surface area (Å²) < 4.78 is 0. The summed E-state index contributed by atoms with van der Waals surface area (Å²) in [5.41, 5.74) is 3.18. The zero-order valence-electron chi connectivity index (χ0n) is 20.9. The molecule has 0 fully saturated rings. The first kappa shape index (κ1) is 27.8. The SMILES string of the molecule is C[C@@H](C=O)NC(=O)CNC(=O)CNC(=O)CNC(=O)CCC(=O)N1c2ccccc2C=Cc2ccccc21. The van der Waals surface area contributed by atoms with Crippen LogP contribution in [0.1, 0.15) is 30.9 Å². The summed E-state index contributed by atoms with van der Waals surface area (Å²) in [6.07, 6.45) is 4.22. The quantitative estimate of drug-likeness (QED) is 0.320. The molecule has 11 heteroatoms. The average Bonchev–Trinajstić information content (AvgIpc) is 3.09. The summed E-state index contributed by atoms with van der Waals surface area (Å²) in [6.45, 7) is 0.365. The smallest absolute Gasteiger partial charge is 0.239 e. The van der Waals surface area contributed by atoms with Crippen LogP contribution in [0.25, 0.3) is 12.2 Å². The third-order valence-corrected chi connectivity index (χ3v) is 5.54. The highest BCUT2D eigenvalue weighted by molar-refractivity contribution is 6.07. The van der Waals surface area contributed by atoms with Crippen molar-refractivity contribution in [2.75, 3.05) is 24.5 Å². The van der Waals surface area contributed by atoms with Crippen LogP contribution in [0.3, 0.4) is 0 Å². The molecule has 11 nitrogen and oxygen atoms in total. The maximum Gasteiger partial charge on any atom is 0.239 e. The summed E-state index contributed by atoms with van der Waals surface area (Å²) in [5, 5.41) is 9.40. The number of carbonyl (C=O) groups excluding carboxylic acids is 6. The number of nitrogens with one attached hydrogen (secondary N) is 4. The summed E-state index contributed by atoms with van der Waals surface area (Å²) >= 11 is 0. The lowest BCUT2D eigenvalue weighted by molar-refractivity contribution is -0.129. The van der Waals surface area contributed by atoms with Crippen molar-refractivity contribution >= 4 is 59.3 Å². The Hall–Kier alpha value is -4.80. The standard InChI is InChI=1S/C27H29N5O6/c1-18(17-33)31-26(37)16-30-25(36)15-29-24(35)14-28-23(34)12-13-27(38)32-21-8-4-2-6-19(21)10-11-20-7-3-5-9-22(20)32/h2-11,17-18H,12-16H2,1H3,(H,28,34)(H,29,35)(H,30,36)(H,31,37)/t18-/m0/s1. The molecule has 3 rings (SSSR count). The zero-order chi connectivity index (χ0) is 27.5. The minimum atomic E-state index is -0.675. The summed E-state index contributed by atoms with van der Waals surface area (Å²) in [5.74, 6) is -2.53. The van der Waals surface area contributed by atoms with Crippen LogP contribution in [0.5, 0.6) is 0 Å². The highest BCUT2D eigenvalue weighted by Crippen LogP contribution is 2.36. The second-order valence-corrected chi connectivity index (χ2v) is 8.50. The molecule has 5 amide bonds. The van der Waals surface area contributed by atoms with Gasteiger partial charge in [0.15, 0.2) is 0 Å². The summed E-state index contributed by atoms with van der Waals surface area (Å²) in [4.78, 5) is 72.9. The molecule has 198 valence electrons. The van der Waals surface area contributed by atoms with Crippen LogP contribution in [0.4, 0.5) is 11.4 Å². The van der Waals surface area contributed by atoms with Gasteiger partial charge in [0.25, 0.3) is 0 Å². The predicted octanol–water partition coefficient (Wildman–Crippen LogP) is 0.668. The number of hydrogen-bond acceptors (Lipinski definition) is 6. The predicted molar refractivity (Wildman–Crippen MR) is 141 cm³/mol. The Kier molecular flexibility index (Phi) is 9.86. The van der Waals surface area contributed by atoms with Crippen LogP contribution in [0.15, 0.2) is 48.5 Å². The number of carbonyl (C=O) groups is 6. The normalized spacial score (nSPS) is 12.2. The molecular formula is C27H29N5O6. The number of anilines is 2. The van der Waals surface area contributed by atoms with Crippen molar-refractivity contribution in [3.63, 3.8) is 0 Å². The largest absolute Gasteiger partial charge is 0.347 e. The zero-order valence-corrected chi connectivity index (χ0v) is 20.9. The van der Waals surface area contributed by atoms with Gasteiger partial charge in [-0.3, -0.25) is 28.9 Å². The van der Waals surface area contributed by atoms with Crippen molar-refractivity contribution in [3.05, 3.63) is 59.7 Å². The van der Waals surface area contributed by atoms with Crippen LogP contribution in [-0.4, -0.2) is 61.5 Å². The molecule has 0 saturated carbocycles. The number of aldehydes is 1. The molecule has 2 aromatic carbocycles. The fraction of sp³-hybridized carbons (Fsp3) is 0.259. The van der Waals surface area contributed by atoms with E-state index in [9.17, 15) is 28.8 Å². The molecule has 0 saturated heterocycles. The first-order valence-electron chi connectivity index (χ1n) is 12.0. The van der Waals surface area contributed by atoms with Gasteiger partial charge in [-0.1, -0.05) is 48.6 Å². The van der Waals surface area contributed by atoms with Crippen LogP contribution in [-0.2, 0) is 28.8 Å². The van der Waals surface area contributed by atoms with Crippen molar-refractivity contribution < 1.29 is 28.8 Å². The van der Waals surface area contributed by atoms with Crippen LogP contribution in [0.2, 0.25) is 0 Å². The van der Waals surface area contributed by atoms with Gasteiger partial charge in [0.1, 0.15) is 6.29 Å². The lowest BCUT2D eigenvalue weighted by Gasteiger charge is -2.25. The second-order valence-electron chi connectivity index (χ2n) is 8.50. The van der Waals surface area contributed by atoms with Crippen molar-refractivity contribution in [1.82, 2.24) is 21.3 Å². The average molecular weight is 520 g/mol. The fourth-order valence-corrected chi connectivity index (χ4v) is 3.66. The molecule has 1 atom stereocenters. The van der Waals surface area contributed by atoms with Crippen molar-refractivity contribution in [2.24, 2.45) is 0 Å². The number of para-hydroxylation sites is 2. The number of rotatable bonds is 11. The molecule has 0 spiro atoms. The fourth-order valence-electron chi connectivity index (χ4n) is 3.66. The highest BCUT2D eigenvalue weighted by Gasteiger charge is 2.24. The van der Waals surface area contributed by atoms with Gasteiger partial charge in [0.05, 0.1) is 37.1 Å². The Morgan fingerprint density at radius 3 is 1.71 bits per heavy atom. The Morgan fingerprint density at radius 1 is 0.711 bits per heavy atom. The van der Waals surface area contributed by atoms with Gasteiger partial charge in [-0.2, -0.15) is 0 Å². The molecular weight excluding hydrogens is 490 g/mol. The lowest BCUT2D eigenvalue weighted by Crippen LogP contribution is -2.45. The molecule has 0 bridgehead atoms. The van der Waals surface area contributed by atoms with E-state index >= 15 is 0 Å². The van der Waals surface area contributed by atoms with E-state index in [2.05, 4.69) is 21.3 Å². The molecule has 0 aliphatic carbocycles. The Morgan fingerprint density at radius 2 is 1.18 bits per heavy atom. The van der Waals surface area contributed by atoms with Gasteiger partial charge < -0.3 is 26.1 Å². The molecule has 0 aromatic heterocycles. The van der Waals surface area contributed by atoms with Gasteiger partial charge in [-0.05, 0) is 30.2 Å². The van der Waals surface area contributed by atoms with Gasteiger partial charge in [-0.25, -0.2) is 0 Å². The highest BCUT2D eigenvalue weighted by atomic mass is 16.2. The molecule has 4 N–H and O–H groups in total. The third kappa shape index (κ3) is 7.85. The second kappa shape index (κ2) is 13.5. The number of nitrogens with zero attached hydrogens (tertiary/aromatic N) is 1. The van der Waals surface area contributed by atoms with E-state index in [1.165, 1.54) is 6.92 Å². The Balaban J connectivity index is 1.44. The van der Waals surface area contributed by atoms with E-state index in [4.69, 9.17) is 0 Å². The molecule has 1 aliphatic heterocycles. The maximum atomic E-state index is 13.2. The van der Waals surface area contributed by atoms with E-state index in [1.807, 2.05) is 60.7 Å². The minimum Gasteiger partial charge on any atom is -0.347 e. The van der Waals surface area contributed by atoms with E-state index < -0.39 is 36.2 Å². The Labute approximate surface area is 219 Å². The van der Waals surface area contributed by atoms with Crippen LogP contribution >= 0.6 is 0 Å². The molecule has 0 unspecified atom stereocenters. The first-order valence-corrected chi connectivity index (χ1v) is 12.0. The molecule has 2 aromatic rings. The van der Waals surface area contributed by atoms with E-state index in [1.54, 1.807) is 4.90 Å². The maximum absolute atomic E-state index is 13.2. The number of benzene rings is 2. The number of hydrogen-bond donors (Lipinski definition) is 4. The van der Waals surface area contributed by atoms with Crippen molar-refractivity contribution in [1.29, 1.82) is 0 Å². The molecule has 1 heterocycles. The molecule has 0 radical (unpaired) electrons. The van der Waals surface area contributed by atoms with Crippen LogP contribution < -0.4 is 26.2 Å². The van der Waals surface area contributed by atoms with E-state index in [-0.39, 0.29) is 31.8 Å². The van der Waals surface area contributed by atoms with Crippen LogP contribution in [0, 0.1) is 0 Å². The minimum absolute atomic E-state index is 0.0800. The number of fused-ring (bicyclic) bond motifs is 2. The topological polar surface area (TPSA) is 154 Å². The first-order chi connectivity index (χ1) is 18.3. The molecule has 38 heavy (non-hydrogen) atoms. The van der Waals surface area contributed by atoms with Gasteiger partial charge in [0.2, 0.25) is 29.5 Å². The lowest BCUT2D eigenvalue weighted by atomic mass is 10.1. The van der Waals surface area contributed by atoms with E-state index in [0.717, 1.165) is 11.1 Å². The van der Waals surface area contributed by atoms with Crippen molar-refractivity contribution in [3.8, 4) is 0 Å².